The monoisotopic (exact) mass is 620 g/mol. The van der Waals surface area contributed by atoms with Crippen LogP contribution in [0.1, 0.15) is 54.0 Å². The molecule has 8 rings (SSSR count). The van der Waals surface area contributed by atoms with E-state index in [2.05, 4.69) is 89.3 Å². The molecule has 2 aliphatic rings. The molecule has 1 unspecified atom stereocenters. The van der Waals surface area contributed by atoms with Crippen molar-refractivity contribution in [3.63, 3.8) is 0 Å². The van der Waals surface area contributed by atoms with E-state index in [1.54, 1.807) is 0 Å². The number of nitrogens with zero attached hydrogens (tertiary/aromatic N) is 5. The molecule has 2 aliphatic heterocycles. The molecular formula is C39H40N8. The van der Waals surface area contributed by atoms with Crippen molar-refractivity contribution in [2.45, 2.75) is 52.1 Å². The number of nitrogens with one attached hydrogen (secondary N) is 3. The lowest BCUT2D eigenvalue weighted by Gasteiger charge is -2.18. The first-order chi connectivity index (χ1) is 23.1. The summed E-state index contributed by atoms with van der Waals surface area (Å²) in [7, 11) is 0. The lowest BCUT2D eigenvalue weighted by Crippen LogP contribution is -2.18. The first-order valence-corrected chi connectivity index (χ1v) is 16.8. The Hall–Kier alpha value is -4.92. The SMILES string of the molecule is Cc1c(Nc2nccc3cc(CN4CCCC4)cnc23)cccc1-c1cccc(Nc2nccc3cc(C4CCCN4)cnc23)c1C. The number of aromatic nitrogens is 4. The Labute approximate surface area is 275 Å². The number of hydrogen-bond acceptors (Lipinski definition) is 8. The maximum atomic E-state index is 4.87. The minimum absolute atomic E-state index is 0.383. The fourth-order valence-corrected chi connectivity index (χ4v) is 7.19. The number of rotatable bonds is 8. The molecule has 2 saturated heterocycles. The highest BCUT2D eigenvalue weighted by atomic mass is 15.1. The molecule has 0 aliphatic carbocycles. The molecule has 0 spiro atoms. The van der Waals surface area contributed by atoms with E-state index < -0.39 is 0 Å². The van der Waals surface area contributed by atoms with Crippen LogP contribution in [0.4, 0.5) is 23.0 Å². The van der Waals surface area contributed by atoms with Gasteiger partial charge in [0.2, 0.25) is 0 Å². The van der Waals surface area contributed by atoms with Crippen molar-refractivity contribution < 1.29 is 0 Å². The van der Waals surface area contributed by atoms with Gasteiger partial charge in [0, 0.05) is 59.5 Å². The van der Waals surface area contributed by atoms with Crippen LogP contribution in [0.3, 0.4) is 0 Å². The Balaban J connectivity index is 1.07. The van der Waals surface area contributed by atoms with Crippen LogP contribution >= 0.6 is 0 Å². The second-order valence-electron chi connectivity index (χ2n) is 12.9. The van der Waals surface area contributed by atoms with Gasteiger partial charge in [0.1, 0.15) is 11.0 Å². The third-order valence-corrected chi connectivity index (χ3v) is 9.81. The fraction of sp³-hybridized carbons (Fsp3) is 0.282. The van der Waals surface area contributed by atoms with Crippen LogP contribution in [0.15, 0.2) is 85.5 Å². The van der Waals surface area contributed by atoms with Gasteiger partial charge in [0.25, 0.3) is 0 Å². The molecule has 4 aromatic heterocycles. The highest BCUT2D eigenvalue weighted by Gasteiger charge is 2.19. The third kappa shape index (κ3) is 5.90. The Morgan fingerprint density at radius 2 is 1.34 bits per heavy atom. The van der Waals surface area contributed by atoms with E-state index in [4.69, 9.17) is 19.9 Å². The average molecular weight is 621 g/mol. The van der Waals surface area contributed by atoms with Crippen LogP contribution < -0.4 is 16.0 Å². The van der Waals surface area contributed by atoms with Crippen LogP contribution in [0.2, 0.25) is 0 Å². The summed E-state index contributed by atoms with van der Waals surface area (Å²) >= 11 is 0. The molecule has 3 N–H and O–H groups in total. The minimum atomic E-state index is 0.383. The van der Waals surface area contributed by atoms with Gasteiger partial charge in [-0.3, -0.25) is 14.9 Å². The minimum Gasteiger partial charge on any atom is -0.338 e. The van der Waals surface area contributed by atoms with Gasteiger partial charge in [0.05, 0.1) is 0 Å². The smallest absolute Gasteiger partial charge is 0.156 e. The fourth-order valence-electron chi connectivity index (χ4n) is 7.19. The van der Waals surface area contributed by atoms with Crippen molar-refractivity contribution in [2.75, 3.05) is 30.3 Å². The molecule has 8 nitrogen and oxygen atoms in total. The summed E-state index contributed by atoms with van der Waals surface area (Å²) in [6, 6.07) is 21.8. The highest BCUT2D eigenvalue weighted by molar-refractivity contribution is 5.92. The normalized spacial score (nSPS) is 16.7. The molecule has 1 atom stereocenters. The van der Waals surface area contributed by atoms with Gasteiger partial charge in [-0.1, -0.05) is 24.3 Å². The van der Waals surface area contributed by atoms with Gasteiger partial charge >= 0.3 is 0 Å². The maximum absolute atomic E-state index is 4.87. The second-order valence-corrected chi connectivity index (χ2v) is 12.9. The lowest BCUT2D eigenvalue weighted by molar-refractivity contribution is 0.331. The van der Waals surface area contributed by atoms with E-state index in [1.807, 2.05) is 30.9 Å². The van der Waals surface area contributed by atoms with Crippen molar-refractivity contribution in [3.05, 3.63) is 108 Å². The molecule has 0 radical (unpaired) electrons. The largest absolute Gasteiger partial charge is 0.338 e. The molecule has 6 aromatic rings. The predicted molar refractivity (Wildman–Crippen MR) is 191 cm³/mol. The molecule has 236 valence electrons. The quantitative estimate of drug-likeness (QED) is 0.156. The van der Waals surface area contributed by atoms with Crippen LogP contribution in [-0.2, 0) is 6.54 Å². The van der Waals surface area contributed by atoms with Crippen molar-refractivity contribution in [1.29, 1.82) is 0 Å². The Morgan fingerprint density at radius 3 is 1.96 bits per heavy atom. The zero-order valence-corrected chi connectivity index (χ0v) is 27.1. The number of anilines is 4. The van der Waals surface area contributed by atoms with E-state index in [1.165, 1.54) is 43.5 Å². The zero-order chi connectivity index (χ0) is 31.7. The lowest BCUT2D eigenvalue weighted by atomic mass is 9.94. The molecule has 2 fully saturated rings. The Bertz CT molecular complexity index is 2080. The molecule has 0 saturated carbocycles. The van der Waals surface area contributed by atoms with E-state index in [9.17, 15) is 0 Å². The second kappa shape index (κ2) is 12.7. The van der Waals surface area contributed by atoms with Crippen LogP contribution in [-0.4, -0.2) is 44.5 Å². The van der Waals surface area contributed by atoms with E-state index in [-0.39, 0.29) is 0 Å². The summed E-state index contributed by atoms with van der Waals surface area (Å²) < 4.78 is 0. The van der Waals surface area contributed by atoms with E-state index in [0.29, 0.717) is 6.04 Å². The summed E-state index contributed by atoms with van der Waals surface area (Å²) in [6.45, 7) is 8.69. The number of benzene rings is 2. The molecule has 47 heavy (non-hydrogen) atoms. The molecule has 0 amide bonds. The highest BCUT2D eigenvalue weighted by Crippen LogP contribution is 2.37. The standard InChI is InChI=1S/C39H40N8/c1-25-31(8-5-10-33(25)45-38-36-28(13-16-41-38)20-27(22-43-36)24-47-18-3-4-19-47)32-9-6-11-34(26(32)2)46-39-37-29(14-17-42-39)21-30(23-44-37)35-12-7-15-40-35/h5-6,8-11,13-14,16-17,20-23,35,40H,3-4,7,12,15,18-19,24H2,1-2H3,(H,41,45)(H,42,46). The zero-order valence-electron chi connectivity index (χ0n) is 27.1. The van der Waals surface area contributed by atoms with Crippen LogP contribution in [0, 0.1) is 13.8 Å². The summed E-state index contributed by atoms with van der Waals surface area (Å²) in [5, 5.41) is 13.0. The van der Waals surface area contributed by atoms with Crippen molar-refractivity contribution in [3.8, 4) is 11.1 Å². The molecule has 6 heterocycles. The Morgan fingerprint density at radius 1 is 0.723 bits per heavy atom. The van der Waals surface area contributed by atoms with Gasteiger partial charge in [-0.05, 0) is 129 Å². The first kappa shape index (κ1) is 29.5. The van der Waals surface area contributed by atoms with Gasteiger partial charge < -0.3 is 16.0 Å². The van der Waals surface area contributed by atoms with Crippen molar-refractivity contribution >= 4 is 44.8 Å². The molecule has 8 heteroatoms. The predicted octanol–water partition coefficient (Wildman–Crippen LogP) is 8.36. The maximum Gasteiger partial charge on any atom is 0.156 e. The average Bonchev–Trinajstić information content (AvgIpc) is 3.82. The number of hydrogen-bond donors (Lipinski definition) is 3. The summed E-state index contributed by atoms with van der Waals surface area (Å²) in [5.74, 6) is 1.53. The first-order valence-electron chi connectivity index (χ1n) is 16.8. The molecule has 0 bridgehead atoms. The van der Waals surface area contributed by atoms with E-state index >= 15 is 0 Å². The number of likely N-dealkylation sites (tertiary alicyclic amines) is 1. The van der Waals surface area contributed by atoms with Crippen molar-refractivity contribution in [2.24, 2.45) is 0 Å². The van der Waals surface area contributed by atoms with E-state index in [0.717, 1.165) is 86.6 Å². The van der Waals surface area contributed by atoms with Crippen molar-refractivity contribution in [1.82, 2.24) is 30.2 Å². The number of fused-ring (bicyclic) bond motifs is 2. The van der Waals surface area contributed by atoms with Crippen LogP contribution in [0.25, 0.3) is 32.9 Å². The molecular weight excluding hydrogens is 580 g/mol. The number of pyridine rings is 4. The van der Waals surface area contributed by atoms with Gasteiger partial charge in [-0.15, -0.1) is 0 Å². The van der Waals surface area contributed by atoms with Gasteiger partial charge in [-0.2, -0.15) is 0 Å². The summed E-state index contributed by atoms with van der Waals surface area (Å²) in [4.78, 5) is 21.6. The topological polar surface area (TPSA) is 90.9 Å². The summed E-state index contributed by atoms with van der Waals surface area (Å²) in [6.07, 6.45) is 12.7. The van der Waals surface area contributed by atoms with Crippen LogP contribution in [0.5, 0.6) is 0 Å². The van der Waals surface area contributed by atoms with Gasteiger partial charge in [-0.25, -0.2) is 9.97 Å². The van der Waals surface area contributed by atoms with Gasteiger partial charge in [0.15, 0.2) is 11.6 Å². The Kier molecular flexibility index (Phi) is 7.97. The third-order valence-electron chi connectivity index (χ3n) is 9.81. The molecule has 2 aromatic carbocycles. The summed E-state index contributed by atoms with van der Waals surface area (Å²) in [5.41, 5.74) is 10.9.